The fraction of sp³-hybridized carbons (Fsp3) is 0.769. The van der Waals surface area contributed by atoms with Gasteiger partial charge >= 0.3 is 0 Å². The van der Waals surface area contributed by atoms with Crippen LogP contribution in [0.2, 0.25) is 0 Å². The van der Waals surface area contributed by atoms with E-state index in [0.29, 0.717) is 12.6 Å². The first-order valence-electron chi connectivity index (χ1n) is 7.02. The molecule has 6 nitrogen and oxygen atoms in total. The Bertz CT molecular complexity index is 422. The van der Waals surface area contributed by atoms with Gasteiger partial charge in [0.25, 0.3) is 5.91 Å². The Hall–Kier alpha value is -1.43. The Labute approximate surface area is 114 Å². The summed E-state index contributed by atoms with van der Waals surface area (Å²) in [6.07, 6.45) is 2.52. The molecule has 1 atom stereocenters. The van der Waals surface area contributed by atoms with Gasteiger partial charge in [0.05, 0.1) is 0 Å². The summed E-state index contributed by atoms with van der Waals surface area (Å²) in [4.78, 5) is 18.5. The van der Waals surface area contributed by atoms with E-state index in [9.17, 15) is 4.79 Å². The van der Waals surface area contributed by atoms with Crippen molar-refractivity contribution < 1.29 is 4.79 Å². The molecule has 0 bridgehead atoms. The highest BCUT2D eigenvalue weighted by Gasteiger charge is 2.20. The second kappa shape index (κ2) is 6.14. The minimum Gasteiger partial charge on any atom is -0.348 e. The lowest BCUT2D eigenvalue weighted by Gasteiger charge is -2.23. The van der Waals surface area contributed by atoms with Gasteiger partial charge in [-0.3, -0.25) is 14.8 Å². The Balaban J connectivity index is 1.83. The average Bonchev–Trinajstić information content (AvgIpc) is 3.05. The van der Waals surface area contributed by atoms with Crippen LogP contribution in [0.1, 0.15) is 56.0 Å². The van der Waals surface area contributed by atoms with Gasteiger partial charge in [0, 0.05) is 18.5 Å². The molecular formula is C13H23N5O. The van der Waals surface area contributed by atoms with Crippen molar-refractivity contribution in [1.82, 2.24) is 25.4 Å². The summed E-state index contributed by atoms with van der Waals surface area (Å²) in [5.41, 5.74) is 0. The monoisotopic (exact) mass is 265 g/mol. The summed E-state index contributed by atoms with van der Waals surface area (Å²) in [7, 11) is 0. The molecule has 2 rings (SSSR count). The first kappa shape index (κ1) is 14.0. The SMILES string of the molecule is CC(C)c1nc(C(=O)NCC(C)N2CCCC2)n[nH]1. The van der Waals surface area contributed by atoms with Crippen molar-refractivity contribution in [3.8, 4) is 0 Å². The van der Waals surface area contributed by atoms with E-state index < -0.39 is 0 Å². The maximum absolute atomic E-state index is 11.9. The number of nitrogens with zero attached hydrogens (tertiary/aromatic N) is 3. The van der Waals surface area contributed by atoms with Gasteiger partial charge in [0.2, 0.25) is 5.82 Å². The lowest BCUT2D eigenvalue weighted by atomic mass is 10.2. The van der Waals surface area contributed by atoms with Gasteiger partial charge in [-0.15, -0.1) is 5.10 Å². The summed E-state index contributed by atoms with van der Waals surface area (Å²) in [5.74, 6) is 1.03. The van der Waals surface area contributed by atoms with Gasteiger partial charge in [-0.25, -0.2) is 4.98 Å². The zero-order valence-corrected chi connectivity index (χ0v) is 11.9. The number of aromatic amines is 1. The Morgan fingerprint density at radius 3 is 2.63 bits per heavy atom. The first-order chi connectivity index (χ1) is 9.08. The molecule has 0 spiro atoms. The maximum atomic E-state index is 11.9. The lowest BCUT2D eigenvalue weighted by Crippen LogP contribution is -2.40. The van der Waals surface area contributed by atoms with Crippen LogP contribution in [0, 0.1) is 0 Å². The van der Waals surface area contributed by atoms with Crippen LogP contribution >= 0.6 is 0 Å². The zero-order chi connectivity index (χ0) is 13.8. The van der Waals surface area contributed by atoms with Gasteiger partial charge < -0.3 is 5.32 Å². The normalized spacial score (nSPS) is 17.9. The minimum absolute atomic E-state index is 0.200. The van der Waals surface area contributed by atoms with E-state index >= 15 is 0 Å². The minimum atomic E-state index is -0.200. The van der Waals surface area contributed by atoms with E-state index in [0.717, 1.165) is 18.9 Å². The number of amides is 1. The molecule has 0 aliphatic carbocycles. The third-order valence-corrected chi connectivity index (χ3v) is 3.57. The van der Waals surface area contributed by atoms with Crippen LogP contribution in [0.4, 0.5) is 0 Å². The number of rotatable bonds is 5. The highest BCUT2D eigenvalue weighted by Crippen LogP contribution is 2.11. The number of carbonyl (C=O) groups excluding carboxylic acids is 1. The average molecular weight is 265 g/mol. The molecule has 1 saturated heterocycles. The summed E-state index contributed by atoms with van der Waals surface area (Å²) >= 11 is 0. The van der Waals surface area contributed by atoms with Crippen molar-refractivity contribution in [2.24, 2.45) is 0 Å². The third kappa shape index (κ3) is 3.53. The number of hydrogen-bond acceptors (Lipinski definition) is 4. The fourth-order valence-electron chi connectivity index (χ4n) is 2.26. The van der Waals surface area contributed by atoms with Gasteiger partial charge in [0.15, 0.2) is 0 Å². The van der Waals surface area contributed by atoms with Gasteiger partial charge in [-0.2, -0.15) is 0 Å². The van der Waals surface area contributed by atoms with Crippen molar-refractivity contribution in [3.63, 3.8) is 0 Å². The predicted molar refractivity (Wildman–Crippen MR) is 73.1 cm³/mol. The van der Waals surface area contributed by atoms with Gasteiger partial charge in [-0.1, -0.05) is 13.8 Å². The first-order valence-corrected chi connectivity index (χ1v) is 7.02. The highest BCUT2D eigenvalue weighted by molar-refractivity contribution is 5.90. The second-order valence-corrected chi connectivity index (χ2v) is 5.50. The molecule has 1 aromatic heterocycles. The van der Waals surface area contributed by atoms with Crippen LogP contribution in [0.3, 0.4) is 0 Å². The molecule has 0 aromatic carbocycles. The van der Waals surface area contributed by atoms with Crippen molar-refractivity contribution in [2.45, 2.75) is 45.6 Å². The van der Waals surface area contributed by atoms with E-state index in [2.05, 4.69) is 32.3 Å². The van der Waals surface area contributed by atoms with Crippen molar-refractivity contribution >= 4 is 5.91 Å². The van der Waals surface area contributed by atoms with Crippen molar-refractivity contribution in [1.29, 1.82) is 0 Å². The summed E-state index contributed by atoms with van der Waals surface area (Å²) in [5, 5.41) is 9.65. The van der Waals surface area contributed by atoms with Crippen LogP contribution < -0.4 is 5.32 Å². The molecule has 106 valence electrons. The van der Waals surface area contributed by atoms with E-state index in [-0.39, 0.29) is 17.6 Å². The Kier molecular flexibility index (Phi) is 4.52. The quantitative estimate of drug-likeness (QED) is 0.837. The van der Waals surface area contributed by atoms with E-state index in [1.54, 1.807) is 0 Å². The van der Waals surface area contributed by atoms with Crippen LogP contribution in [0.25, 0.3) is 0 Å². The number of aromatic nitrogens is 3. The fourth-order valence-corrected chi connectivity index (χ4v) is 2.26. The molecule has 0 radical (unpaired) electrons. The standard InChI is InChI=1S/C13H23N5O/c1-9(2)11-15-12(17-16-11)13(19)14-8-10(3)18-6-4-5-7-18/h9-10H,4-8H2,1-3H3,(H,14,19)(H,15,16,17). The van der Waals surface area contributed by atoms with E-state index in [4.69, 9.17) is 0 Å². The zero-order valence-electron chi connectivity index (χ0n) is 11.9. The molecule has 1 aliphatic rings. The highest BCUT2D eigenvalue weighted by atomic mass is 16.2. The number of carbonyl (C=O) groups is 1. The maximum Gasteiger partial charge on any atom is 0.291 e. The molecule has 6 heteroatoms. The molecule has 1 aromatic rings. The number of nitrogens with one attached hydrogen (secondary N) is 2. The smallest absolute Gasteiger partial charge is 0.291 e. The molecule has 2 heterocycles. The van der Waals surface area contributed by atoms with Crippen LogP contribution in [-0.4, -0.2) is 51.7 Å². The molecule has 0 saturated carbocycles. The number of hydrogen-bond donors (Lipinski definition) is 2. The summed E-state index contributed by atoms with van der Waals surface area (Å²) in [6, 6.07) is 0.370. The number of likely N-dealkylation sites (tertiary alicyclic amines) is 1. The molecule has 1 fully saturated rings. The van der Waals surface area contributed by atoms with Gasteiger partial charge in [0.1, 0.15) is 5.82 Å². The molecule has 2 N–H and O–H groups in total. The van der Waals surface area contributed by atoms with Crippen molar-refractivity contribution in [2.75, 3.05) is 19.6 Å². The Morgan fingerprint density at radius 1 is 1.37 bits per heavy atom. The largest absolute Gasteiger partial charge is 0.348 e. The molecule has 1 unspecified atom stereocenters. The summed E-state index contributed by atoms with van der Waals surface area (Å²) in [6.45, 7) is 9.08. The third-order valence-electron chi connectivity index (χ3n) is 3.57. The van der Waals surface area contributed by atoms with Crippen molar-refractivity contribution in [3.05, 3.63) is 11.6 Å². The number of H-pyrrole nitrogens is 1. The lowest BCUT2D eigenvalue weighted by molar-refractivity contribution is 0.0930. The summed E-state index contributed by atoms with van der Waals surface area (Å²) < 4.78 is 0. The van der Waals surface area contributed by atoms with E-state index in [1.807, 2.05) is 13.8 Å². The predicted octanol–water partition coefficient (Wildman–Crippen LogP) is 1.14. The van der Waals surface area contributed by atoms with Gasteiger partial charge in [-0.05, 0) is 32.9 Å². The van der Waals surface area contributed by atoms with Crippen LogP contribution in [0.15, 0.2) is 0 Å². The second-order valence-electron chi connectivity index (χ2n) is 5.50. The molecule has 19 heavy (non-hydrogen) atoms. The van der Waals surface area contributed by atoms with E-state index in [1.165, 1.54) is 12.8 Å². The Morgan fingerprint density at radius 2 is 2.05 bits per heavy atom. The van der Waals surface area contributed by atoms with Crippen LogP contribution in [-0.2, 0) is 0 Å². The topological polar surface area (TPSA) is 73.9 Å². The molecular weight excluding hydrogens is 242 g/mol. The molecule has 1 amide bonds. The van der Waals surface area contributed by atoms with Crippen LogP contribution in [0.5, 0.6) is 0 Å². The molecule has 1 aliphatic heterocycles.